The summed E-state index contributed by atoms with van der Waals surface area (Å²) < 4.78 is 12.8. The molecule has 1 N–H and O–H groups in total. The number of piperidine rings is 1. The van der Waals surface area contributed by atoms with Crippen molar-refractivity contribution in [3.05, 3.63) is 41.7 Å². The van der Waals surface area contributed by atoms with E-state index in [-0.39, 0.29) is 11.7 Å². The quantitative estimate of drug-likeness (QED) is 0.862. The molecule has 1 saturated heterocycles. The highest BCUT2D eigenvalue weighted by atomic mass is 19.1. The molecule has 5 heteroatoms. The van der Waals surface area contributed by atoms with Crippen molar-refractivity contribution in [1.29, 1.82) is 0 Å². The second-order valence-electron chi connectivity index (χ2n) is 4.77. The van der Waals surface area contributed by atoms with E-state index < -0.39 is 12.0 Å². The highest BCUT2D eigenvalue weighted by Gasteiger charge is 2.30. The van der Waals surface area contributed by atoms with E-state index in [0.29, 0.717) is 18.5 Å². The monoisotopic (exact) mass is 277 g/mol. The van der Waals surface area contributed by atoms with Crippen molar-refractivity contribution in [2.24, 2.45) is 0 Å². The molecule has 1 aromatic carbocycles. The van der Waals surface area contributed by atoms with Crippen molar-refractivity contribution in [1.82, 2.24) is 4.90 Å². The zero-order valence-corrected chi connectivity index (χ0v) is 11.0. The number of benzene rings is 1. The number of amides is 1. The van der Waals surface area contributed by atoms with Crippen LogP contribution >= 0.6 is 0 Å². The number of carbonyl (C=O) groups excluding carboxylic acids is 1. The molecule has 0 unspecified atom stereocenters. The van der Waals surface area contributed by atoms with E-state index in [9.17, 15) is 14.0 Å². The van der Waals surface area contributed by atoms with E-state index in [1.165, 1.54) is 23.1 Å². The summed E-state index contributed by atoms with van der Waals surface area (Å²) >= 11 is 0. The Bertz CT molecular complexity index is 524. The Morgan fingerprint density at radius 3 is 2.60 bits per heavy atom. The Balaban J connectivity index is 2.06. The van der Waals surface area contributed by atoms with Crippen molar-refractivity contribution < 1.29 is 19.1 Å². The molecule has 106 valence electrons. The van der Waals surface area contributed by atoms with E-state index in [4.69, 9.17) is 5.11 Å². The van der Waals surface area contributed by atoms with Crippen LogP contribution in [0.5, 0.6) is 0 Å². The first-order valence-electron chi connectivity index (χ1n) is 6.55. The summed E-state index contributed by atoms with van der Waals surface area (Å²) in [5, 5.41) is 9.11. The summed E-state index contributed by atoms with van der Waals surface area (Å²) in [6.45, 7) is 0.462. The highest BCUT2D eigenvalue weighted by molar-refractivity contribution is 5.94. The van der Waals surface area contributed by atoms with Gasteiger partial charge < -0.3 is 10.0 Å². The molecule has 0 bridgehead atoms. The van der Waals surface area contributed by atoms with Gasteiger partial charge in [0.1, 0.15) is 11.9 Å². The normalized spacial score (nSPS) is 19.2. The lowest BCUT2D eigenvalue weighted by atomic mass is 10.0. The van der Waals surface area contributed by atoms with Gasteiger partial charge >= 0.3 is 5.97 Å². The molecule has 1 aliphatic heterocycles. The minimum atomic E-state index is -0.965. The summed E-state index contributed by atoms with van der Waals surface area (Å²) in [4.78, 5) is 24.6. The molecule has 0 aromatic heterocycles. The molecule has 2 rings (SSSR count). The molecular weight excluding hydrogens is 261 g/mol. The van der Waals surface area contributed by atoms with Crippen molar-refractivity contribution in [2.75, 3.05) is 6.54 Å². The van der Waals surface area contributed by atoms with Crippen LogP contribution in [0.15, 0.2) is 30.3 Å². The smallest absolute Gasteiger partial charge is 0.326 e. The lowest BCUT2D eigenvalue weighted by Gasteiger charge is -2.32. The van der Waals surface area contributed by atoms with Crippen LogP contribution in [0.1, 0.15) is 24.8 Å². The first-order chi connectivity index (χ1) is 9.58. The number of hydrogen-bond acceptors (Lipinski definition) is 2. The van der Waals surface area contributed by atoms with Gasteiger partial charge in [-0.25, -0.2) is 9.18 Å². The van der Waals surface area contributed by atoms with Crippen LogP contribution in [0.3, 0.4) is 0 Å². The van der Waals surface area contributed by atoms with Crippen molar-refractivity contribution in [2.45, 2.75) is 25.3 Å². The van der Waals surface area contributed by atoms with Crippen molar-refractivity contribution in [3.8, 4) is 0 Å². The summed E-state index contributed by atoms with van der Waals surface area (Å²) in [7, 11) is 0. The van der Waals surface area contributed by atoms with Crippen LogP contribution in [0.4, 0.5) is 4.39 Å². The van der Waals surface area contributed by atoms with E-state index in [1.807, 2.05) is 0 Å². The fourth-order valence-electron chi connectivity index (χ4n) is 2.29. The van der Waals surface area contributed by atoms with E-state index in [1.54, 1.807) is 18.2 Å². The second-order valence-corrected chi connectivity index (χ2v) is 4.77. The van der Waals surface area contributed by atoms with Gasteiger partial charge in [0.2, 0.25) is 5.91 Å². The number of nitrogens with zero attached hydrogens (tertiary/aromatic N) is 1. The third kappa shape index (κ3) is 3.44. The number of halogens is 1. The number of aliphatic carboxylic acids is 1. The average Bonchev–Trinajstić information content (AvgIpc) is 2.46. The molecule has 1 atom stereocenters. The van der Waals surface area contributed by atoms with E-state index in [0.717, 1.165) is 12.8 Å². The molecule has 0 spiro atoms. The maximum absolute atomic E-state index is 12.8. The Labute approximate surface area is 116 Å². The third-order valence-corrected chi connectivity index (χ3v) is 3.36. The predicted molar refractivity (Wildman–Crippen MR) is 72.4 cm³/mol. The fraction of sp³-hybridized carbons (Fsp3) is 0.333. The molecule has 1 aromatic rings. The number of likely N-dealkylation sites (tertiary alicyclic amines) is 1. The number of hydrogen-bond donors (Lipinski definition) is 1. The molecule has 1 aliphatic rings. The molecular formula is C15H16FNO3. The summed E-state index contributed by atoms with van der Waals surface area (Å²) in [6.07, 6.45) is 5.04. The number of carboxylic acids is 1. The van der Waals surface area contributed by atoms with Gasteiger partial charge in [-0.2, -0.15) is 0 Å². The van der Waals surface area contributed by atoms with Crippen LogP contribution in [-0.2, 0) is 9.59 Å². The highest BCUT2D eigenvalue weighted by Crippen LogP contribution is 2.18. The zero-order valence-electron chi connectivity index (χ0n) is 11.0. The van der Waals surface area contributed by atoms with Crippen LogP contribution < -0.4 is 0 Å². The van der Waals surface area contributed by atoms with Gasteiger partial charge in [-0.1, -0.05) is 12.1 Å². The number of rotatable bonds is 3. The lowest BCUT2D eigenvalue weighted by Crippen LogP contribution is -2.47. The van der Waals surface area contributed by atoms with Crippen molar-refractivity contribution in [3.63, 3.8) is 0 Å². The Morgan fingerprint density at radius 1 is 1.25 bits per heavy atom. The zero-order chi connectivity index (χ0) is 14.5. The fourth-order valence-corrected chi connectivity index (χ4v) is 2.29. The lowest BCUT2D eigenvalue weighted by molar-refractivity contribution is -0.150. The van der Waals surface area contributed by atoms with Crippen molar-refractivity contribution >= 4 is 18.0 Å². The average molecular weight is 277 g/mol. The Morgan fingerprint density at radius 2 is 1.95 bits per heavy atom. The van der Waals surface area contributed by atoms with E-state index in [2.05, 4.69) is 0 Å². The molecule has 1 fully saturated rings. The van der Waals surface area contributed by atoms with Gasteiger partial charge in [0.05, 0.1) is 0 Å². The maximum Gasteiger partial charge on any atom is 0.326 e. The van der Waals surface area contributed by atoms with Gasteiger partial charge in [0.25, 0.3) is 0 Å². The molecule has 0 aliphatic carbocycles. The molecule has 0 saturated carbocycles. The van der Waals surface area contributed by atoms with Crippen LogP contribution in [0, 0.1) is 5.82 Å². The van der Waals surface area contributed by atoms with E-state index >= 15 is 0 Å². The molecule has 1 heterocycles. The predicted octanol–water partition coefficient (Wildman–Crippen LogP) is 2.30. The van der Waals surface area contributed by atoms with Gasteiger partial charge in [0, 0.05) is 12.6 Å². The Hall–Kier alpha value is -2.17. The van der Waals surface area contributed by atoms with Gasteiger partial charge in [-0.3, -0.25) is 4.79 Å². The van der Waals surface area contributed by atoms with Gasteiger partial charge in [0.15, 0.2) is 0 Å². The van der Waals surface area contributed by atoms with Gasteiger partial charge in [-0.15, -0.1) is 0 Å². The SMILES string of the molecule is O=C(O)[C@@H]1CCCCN1C(=O)C=Cc1ccc(F)cc1. The first kappa shape index (κ1) is 14.2. The molecule has 20 heavy (non-hydrogen) atoms. The number of carbonyl (C=O) groups is 2. The Kier molecular flexibility index (Phi) is 4.50. The van der Waals surface area contributed by atoms with Gasteiger partial charge in [-0.05, 0) is 43.0 Å². The van der Waals surface area contributed by atoms with Crippen LogP contribution in [0.25, 0.3) is 6.08 Å². The number of carboxylic acid groups (broad SMARTS) is 1. The summed E-state index contributed by atoms with van der Waals surface area (Å²) in [5.74, 6) is -1.62. The molecule has 4 nitrogen and oxygen atoms in total. The summed E-state index contributed by atoms with van der Waals surface area (Å²) in [5.41, 5.74) is 0.698. The maximum atomic E-state index is 12.8. The molecule has 0 radical (unpaired) electrons. The first-order valence-corrected chi connectivity index (χ1v) is 6.55. The third-order valence-electron chi connectivity index (χ3n) is 3.36. The summed E-state index contributed by atoms with van der Waals surface area (Å²) in [6, 6.07) is 5.00. The van der Waals surface area contributed by atoms with Crippen LogP contribution in [-0.4, -0.2) is 34.5 Å². The van der Waals surface area contributed by atoms with Crippen LogP contribution in [0.2, 0.25) is 0 Å². The minimum absolute atomic E-state index is 0.318. The largest absolute Gasteiger partial charge is 0.480 e. The molecule has 1 amide bonds. The standard InChI is InChI=1S/C15H16FNO3/c16-12-7-4-11(5-8-12)6-9-14(18)17-10-2-1-3-13(17)15(19)20/h4-9,13H,1-3,10H2,(H,19,20)/t13-/m0/s1. The minimum Gasteiger partial charge on any atom is -0.480 e. The topological polar surface area (TPSA) is 57.6 Å². The second kappa shape index (κ2) is 6.32.